The number of hydrogen-bond donors (Lipinski definition) is 3. The second-order valence-electron chi connectivity index (χ2n) is 6.15. The van der Waals surface area contributed by atoms with Crippen LogP contribution < -0.4 is 11.1 Å². The number of rotatable bonds is 4. The molecule has 7 nitrogen and oxygen atoms in total. The van der Waals surface area contributed by atoms with Gasteiger partial charge in [-0.3, -0.25) is 9.59 Å². The Morgan fingerprint density at radius 2 is 1.93 bits per heavy atom. The van der Waals surface area contributed by atoms with Crippen LogP contribution in [0, 0.1) is 0 Å². The van der Waals surface area contributed by atoms with Gasteiger partial charge in [0.05, 0.1) is 10.6 Å². The Kier molecular flexibility index (Phi) is 4.92. The number of nitrogens with two attached hydrogens (primary N) is 1. The normalized spacial score (nSPS) is 16.3. The third-order valence-electron chi connectivity index (χ3n) is 4.07. The van der Waals surface area contributed by atoms with E-state index in [1.165, 1.54) is 17.8 Å². The summed E-state index contributed by atoms with van der Waals surface area (Å²) >= 11 is 1.18. The van der Waals surface area contributed by atoms with Gasteiger partial charge in [-0.1, -0.05) is 18.2 Å². The van der Waals surface area contributed by atoms with Crippen molar-refractivity contribution < 1.29 is 19.1 Å². The Hall–Kier alpha value is -3.78. The van der Waals surface area contributed by atoms with Crippen LogP contribution in [0.15, 0.2) is 75.0 Å². The summed E-state index contributed by atoms with van der Waals surface area (Å²) in [6, 6.07) is 16.7. The van der Waals surface area contributed by atoms with Crippen LogP contribution in [0.3, 0.4) is 0 Å². The molecule has 0 radical (unpaired) electrons. The maximum atomic E-state index is 12.2. The van der Waals surface area contributed by atoms with E-state index in [9.17, 15) is 14.7 Å². The van der Waals surface area contributed by atoms with Crippen molar-refractivity contribution in [1.82, 2.24) is 5.32 Å². The first-order valence-corrected chi connectivity index (χ1v) is 9.38. The number of aliphatic imine (C=N–C) groups is 1. The molecule has 2 aromatic carbocycles. The summed E-state index contributed by atoms with van der Waals surface area (Å²) in [5.41, 5.74) is 6.98. The summed E-state index contributed by atoms with van der Waals surface area (Å²) in [5.74, 6) is 0.440. The summed E-state index contributed by atoms with van der Waals surface area (Å²) in [6.45, 7) is 0. The van der Waals surface area contributed by atoms with Crippen molar-refractivity contribution in [2.45, 2.75) is 0 Å². The summed E-state index contributed by atoms with van der Waals surface area (Å²) in [5, 5.41) is 12.6. The number of furan rings is 1. The van der Waals surface area contributed by atoms with Crippen LogP contribution in [0.2, 0.25) is 0 Å². The second-order valence-corrected chi connectivity index (χ2v) is 7.18. The number of hydrogen-bond acceptors (Lipinski definition) is 6. The minimum Gasteiger partial charge on any atom is -0.508 e. The third kappa shape index (κ3) is 4.22. The number of amides is 2. The third-order valence-corrected chi connectivity index (χ3v) is 4.98. The molecule has 2 amide bonds. The Labute approximate surface area is 169 Å². The van der Waals surface area contributed by atoms with Crippen molar-refractivity contribution in [3.8, 4) is 17.1 Å². The van der Waals surface area contributed by atoms with Gasteiger partial charge < -0.3 is 20.6 Å². The quantitative estimate of drug-likeness (QED) is 0.573. The van der Waals surface area contributed by atoms with Crippen LogP contribution in [0.1, 0.15) is 16.1 Å². The van der Waals surface area contributed by atoms with E-state index in [2.05, 4.69) is 10.3 Å². The van der Waals surface area contributed by atoms with E-state index >= 15 is 0 Å². The molecule has 1 aliphatic rings. The molecule has 0 unspecified atom stereocenters. The highest BCUT2D eigenvalue weighted by Crippen LogP contribution is 2.30. The first kappa shape index (κ1) is 18.6. The monoisotopic (exact) mass is 405 g/mol. The fourth-order valence-electron chi connectivity index (χ4n) is 2.67. The number of phenolic OH excluding ortho intramolecular Hbond substituents is 1. The van der Waals surface area contributed by atoms with E-state index in [4.69, 9.17) is 10.2 Å². The SMILES string of the molecule is NC(=O)c1ccc(-c2ccc(/C=C3/SC(=Nc4cccc(O)c4)NC3=O)o2)cc1. The highest BCUT2D eigenvalue weighted by molar-refractivity contribution is 8.18. The number of benzene rings is 2. The van der Waals surface area contributed by atoms with Crippen molar-refractivity contribution >= 4 is 40.5 Å². The number of phenols is 1. The number of nitrogens with zero attached hydrogens (tertiary/aromatic N) is 1. The number of aromatic hydroxyl groups is 1. The topological polar surface area (TPSA) is 118 Å². The largest absolute Gasteiger partial charge is 0.508 e. The molecule has 3 aromatic rings. The predicted octanol–water partition coefficient (Wildman–Crippen LogP) is 3.64. The van der Waals surface area contributed by atoms with E-state index in [0.29, 0.717) is 32.8 Å². The number of amidine groups is 1. The average Bonchev–Trinajstić information content (AvgIpc) is 3.29. The minimum atomic E-state index is -0.492. The molecule has 144 valence electrons. The minimum absolute atomic E-state index is 0.101. The van der Waals surface area contributed by atoms with E-state index in [0.717, 1.165) is 5.56 Å². The highest BCUT2D eigenvalue weighted by atomic mass is 32.2. The van der Waals surface area contributed by atoms with Crippen molar-refractivity contribution in [1.29, 1.82) is 0 Å². The maximum absolute atomic E-state index is 12.2. The molecule has 0 aliphatic carbocycles. The van der Waals surface area contributed by atoms with Crippen molar-refractivity contribution in [2.75, 3.05) is 0 Å². The van der Waals surface area contributed by atoms with Crippen LogP contribution in [-0.2, 0) is 4.79 Å². The van der Waals surface area contributed by atoms with Crippen molar-refractivity contribution in [2.24, 2.45) is 10.7 Å². The van der Waals surface area contributed by atoms with Gasteiger partial charge in [0.1, 0.15) is 17.3 Å². The van der Waals surface area contributed by atoms with Crippen LogP contribution in [0.25, 0.3) is 17.4 Å². The van der Waals surface area contributed by atoms with Crippen LogP contribution in [0.5, 0.6) is 5.75 Å². The van der Waals surface area contributed by atoms with Crippen LogP contribution >= 0.6 is 11.8 Å². The van der Waals surface area contributed by atoms with Crippen LogP contribution in [0.4, 0.5) is 5.69 Å². The van der Waals surface area contributed by atoms with E-state index in [1.807, 2.05) is 0 Å². The van der Waals surface area contributed by atoms with Gasteiger partial charge in [-0.25, -0.2) is 4.99 Å². The van der Waals surface area contributed by atoms with E-state index in [-0.39, 0.29) is 11.7 Å². The summed E-state index contributed by atoms with van der Waals surface area (Å²) in [7, 11) is 0. The predicted molar refractivity (Wildman–Crippen MR) is 112 cm³/mol. The fraction of sp³-hybridized carbons (Fsp3) is 0. The lowest BCUT2D eigenvalue weighted by atomic mass is 10.1. The zero-order chi connectivity index (χ0) is 20.4. The smallest absolute Gasteiger partial charge is 0.264 e. The molecule has 2 heterocycles. The van der Waals surface area contributed by atoms with Gasteiger partial charge in [-0.15, -0.1) is 0 Å². The summed E-state index contributed by atoms with van der Waals surface area (Å²) in [4.78, 5) is 28.1. The van der Waals surface area contributed by atoms with Gasteiger partial charge in [0, 0.05) is 23.3 Å². The van der Waals surface area contributed by atoms with Gasteiger partial charge in [0.15, 0.2) is 5.17 Å². The maximum Gasteiger partial charge on any atom is 0.264 e. The molecular weight excluding hydrogens is 390 g/mol. The molecule has 0 atom stereocenters. The fourth-order valence-corrected chi connectivity index (χ4v) is 3.50. The van der Waals surface area contributed by atoms with E-state index < -0.39 is 5.91 Å². The number of primary amides is 1. The van der Waals surface area contributed by atoms with Gasteiger partial charge in [0.25, 0.3) is 5.91 Å². The Morgan fingerprint density at radius 1 is 1.14 bits per heavy atom. The molecule has 29 heavy (non-hydrogen) atoms. The van der Waals surface area contributed by atoms with Gasteiger partial charge in [-0.2, -0.15) is 0 Å². The van der Waals surface area contributed by atoms with Gasteiger partial charge in [-0.05, 0) is 48.2 Å². The molecule has 1 aromatic heterocycles. The molecule has 0 saturated carbocycles. The van der Waals surface area contributed by atoms with Crippen molar-refractivity contribution in [3.05, 3.63) is 76.9 Å². The highest BCUT2D eigenvalue weighted by Gasteiger charge is 2.24. The molecular formula is C21H15N3O4S. The average molecular weight is 405 g/mol. The molecule has 0 spiro atoms. The Bertz CT molecular complexity index is 1160. The molecule has 1 fully saturated rings. The van der Waals surface area contributed by atoms with Crippen LogP contribution in [-0.4, -0.2) is 22.1 Å². The second kappa shape index (κ2) is 7.69. The molecule has 1 saturated heterocycles. The first-order valence-electron chi connectivity index (χ1n) is 8.57. The number of thioether (sulfide) groups is 1. The Balaban J connectivity index is 1.53. The summed E-state index contributed by atoms with van der Waals surface area (Å²) in [6.07, 6.45) is 1.63. The number of carbonyl (C=O) groups excluding carboxylic acids is 2. The standard InChI is InChI=1S/C21H15N3O4S/c22-19(26)13-6-4-12(5-7-13)17-9-8-16(28-17)11-18-20(27)24-21(29-18)23-14-2-1-3-15(25)10-14/h1-11,25H,(H2,22,26)(H,23,24,27)/b18-11+. The first-order chi connectivity index (χ1) is 14.0. The zero-order valence-corrected chi connectivity index (χ0v) is 15.8. The number of nitrogens with one attached hydrogen (secondary N) is 1. The van der Waals surface area contributed by atoms with E-state index in [1.54, 1.807) is 60.7 Å². The number of carbonyl (C=O) groups is 2. The molecule has 8 heteroatoms. The zero-order valence-electron chi connectivity index (χ0n) is 15.0. The molecule has 0 bridgehead atoms. The lowest BCUT2D eigenvalue weighted by molar-refractivity contribution is -0.115. The van der Waals surface area contributed by atoms with Crippen molar-refractivity contribution in [3.63, 3.8) is 0 Å². The molecule has 4 N–H and O–H groups in total. The molecule has 4 rings (SSSR count). The molecule has 1 aliphatic heterocycles. The summed E-state index contributed by atoms with van der Waals surface area (Å²) < 4.78 is 5.79. The lowest BCUT2D eigenvalue weighted by Crippen LogP contribution is -2.19. The van der Waals surface area contributed by atoms with Gasteiger partial charge >= 0.3 is 0 Å². The lowest BCUT2D eigenvalue weighted by Gasteiger charge is -1.98. The van der Waals surface area contributed by atoms with Gasteiger partial charge in [0.2, 0.25) is 5.91 Å². The Morgan fingerprint density at radius 3 is 2.66 bits per heavy atom.